The van der Waals surface area contributed by atoms with Gasteiger partial charge in [0.2, 0.25) is 11.8 Å². The number of carbonyl (C=O) groups is 2. The highest BCUT2D eigenvalue weighted by Gasteiger charge is 2.19. The summed E-state index contributed by atoms with van der Waals surface area (Å²) in [5.74, 6) is 1.29. The molecule has 0 unspecified atom stereocenters. The Morgan fingerprint density at radius 3 is 2.52 bits per heavy atom. The third-order valence-electron chi connectivity index (χ3n) is 4.28. The molecular weight excluding hydrogens is 322 g/mol. The van der Waals surface area contributed by atoms with Gasteiger partial charge in [0, 0.05) is 44.4 Å². The number of benzene rings is 1. The van der Waals surface area contributed by atoms with Crippen LogP contribution in [-0.2, 0) is 9.59 Å². The molecule has 1 saturated heterocycles. The van der Waals surface area contributed by atoms with E-state index in [1.54, 1.807) is 32.4 Å². The van der Waals surface area contributed by atoms with E-state index in [0.717, 1.165) is 19.5 Å². The van der Waals surface area contributed by atoms with E-state index in [0.29, 0.717) is 43.2 Å². The van der Waals surface area contributed by atoms with Crippen molar-refractivity contribution in [3.8, 4) is 11.5 Å². The van der Waals surface area contributed by atoms with Gasteiger partial charge in [-0.15, -0.1) is 0 Å². The SMILES string of the molecule is CCC(=O)N1CCCN(CC(=O)Nc2ccc(OC)c(OC)c2)CC1. The Morgan fingerprint density at radius 1 is 1.08 bits per heavy atom. The van der Waals surface area contributed by atoms with E-state index in [1.165, 1.54) is 0 Å². The van der Waals surface area contributed by atoms with Gasteiger partial charge in [-0.25, -0.2) is 0 Å². The van der Waals surface area contributed by atoms with E-state index in [9.17, 15) is 9.59 Å². The number of hydrogen-bond acceptors (Lipinski definition) is 5. The summed E-state index contributed by atoms with van der Waals surface area (Å²) < 4.78 is 10.4. The zero-order valence-corrected chi connectivity index (χ0v) is 15.2. The first-order chi connectivity index (χ1) is 12.1. The molecule has 138 valence electrons. The van der Waals surface area contributed by atoms with E-state index in [2.05, 4.69) is 10.2 Å². The van der Waals surface area contributed by atoms with Crippen LogP contribution >= 0.6 is 0 Å². The topological polar surface area (TPSA) is 71.1 Å². The van der Waals surface area contributed by atoms with Crippen LogP contribution in [-0.4, -0.2) is 68.6 Å². The van der Waals surface area contributed by atoms with Gasteiger partial charge in [-0.05, 0) is 18.6 Å². The summed E-state index contributed by atoms with van der Waals surface area (Å²) in [6.07, 6.45) is 1.41. The van der Waals surface area contributed by atoms with Gasteiger partial charge in [0.1, 0.15) is 0 Å². The van der Waals surface area contributed by atoms with E-state index in [4.69, 9.17) is 9.47 Å². The van der Waals surface area contributed by atoms with Crippen LogP contribution in [0.3, 0.4) is 0 Å². The summed E-state index contributed by atoms with van der Waals surface area (Å²) in [5, 5.41) is 2.88. The molecule has 0 spiro atoms. The summed E-state index contributed by atoms with van der Waals surface area (Å²) in [4.78, 5) is 28.1. The number of nitrogens with zero attached hydrogens (tertiary/aromatic N) is 2. The van der Waals surface area contributed by atoms with Crippen LogP contribution in [0.2, 0.25) is 0 Å². The fourth-order valence-corrected chi connectivity index (χ4v) is 2.92. The number of methoxy groups -OCH3 is 2. The van der Waals surface area contributed by atoms with Crippen LogP contribution in [0, 0.1) is 0 Å². The highest BCUT2D eigenvalue weighted by Crippen LogP contribution is 2.29. The van der Waals surface area contributed by atoms with Crippen molar-refractivity contribution in [1.82, 2.24) is 9.80 Å². The average Bonchev–Trinajstić information content (AvgIpc) is 2.86. The number of ether oxygens (including phenoxy) is 2. The number of nitrogens with one attached hydrogen (secondary N) is 1. The molecule has 0 atom stereocenters. The van der Waals surface area contributed by atoms with Crippen LogP contribution in [0.15, 0.2) is 18.2 Å². The summed E-state index contributed by atoms with van der Waals surface area (Å²) in [7, 11) is 3.13. The predicted octanol–water partition coefficient (Wildman–Crippen LogP) is 1.59. The van der Waals surface area contributed by atoms with Crippen LogP contribution in [0.5, 0.6) is 11.5 Å². The number of hydrogen-bond donors (Lipinski definition) is 1. The van der Waals surface area contributed by atoms with E-state index in [-0.39, 0.29) is 11.8 Å². The quantitative estimate of drug-likeness (QED) is 0.844. The third kappa shape index (κ3) is 5.35. The number of amides is 2. The number of carbonyl (C=O) groups excluding carboxylic acids is 2. The van der Waals surface area contributed by atoms with Gasteiger partial charge < -0.3 is 19.7 Å². The number of rotatable bonds is 6. The molecule has 1 fully saturated rings. The minimum absolute atomic E-state index is 0.0810. The van der Waals surface area contributed by atoms with E-state index in [1.807, 2.05) is 11.8 Å². The minimum Gasteiger partial charge on any atom is -0.493 e. The van der Waals surface area contributed by atoms with Gasteiger partial charge in [0.25, 0.3) is 0 Å². The molecule has 0 aliphatic carbocycles. The second kappa shape index (κ2) is 9.27. The first-order valence-corrected chi connectivity index (χ1v) is 8.59. The second-order valence-corrected chi connectivity index (χ2v) is 5.98. The van der Waals surface area contributed by atoms with Crippen molar-refractivity contribution in [2.75, 3.05) is 52.3 Å². The molecule has 1 aliphatic rings. The minimum atomic E-state index is -0.0810. The van der Waals surface area contributed by atoms with Gasteiger partial charge >= 0.3 is 0 Å². The van der Waals surface area contributed by atoms with Crippen molar-refractivity contribution in [2.24, 2.45) is 0 Å². The Morgan fingerprint density at radius 2 is 1.84 bits per heavy atom. The monoisotopic (exact) mass is 349 g/mol. The molecule has 1 aliphatic heterocycles. The van der Waals surface area contributed by atoms with Crippen LogP contribution < -0.4 is 14.8 Å². The Balaban J connectivity index is 1.89. The molecule has 25 heavy (non-hydrogen) atoms. The zero-order chi connectivity index (χ0) is 18.2. The molecule has 1 aromatic carbocycles. The molecule has 1 heterocycles. The third-order valence-corrected chi connectivity index (χ3v) is 4.28. The van der Waals surface area contributed by atoms with Crippen molar-refractivity contribution in [3.63, 3.8) is 0 Å². The lowest BCUT2D eigenvalue weighted by molar-refractivity contribution is -0.130. The van der Waals surface area contributed by atoms with Gasteiger partial charge in [-0.2, -0.15) is 0 Å². The summed E-state index contributed by atoms with van der Waals surface area (Å²) >= 11 is 0. The number of anilines is 1. The highest BCUT2D eigenvalue weighted by molar-refractivity contribution is 5.92. The first-order valence-electron chi connectivity index (χ1n) is 8.59. The van der Waals surface area contributed by atoms with Crippen molar-refractivity contribution < 1.29 is 19.1 Å². The smallest absolute Gasteiger partial charge is 0.238 e. The second-order valence-electron chi connectivity index (χ2n) is 5.98. The van der Waals surface area contributed by atoms with Crippen molar-refractivity contribution in [2.45, 2.75) is 19.8 Å². The largest absolute Gasteiger partial charge is 0.493 e. The van der Waals surface area contributed by atoms with Crippen LogP contribution in [0.4, 0.5) is 5.69 Å². The summed E-state index contributed by atoms with van der Waals surface area (Å²) in [5.41, 5.74) is 0.667. The van der Waals surface area contributed by atoms with E-state index >= 15 is 0 Å². The molecule has 2 amide bonds. The summed E-state index contributed by atoms with van der Waals surface area (Å²) in [6, 6.07) is 5.28. The molecule has 2 rings (SSSR count). The Kier molecular flexibility index (Phi) is 7.06. The predicted molar refractivity (Wildman–Crippen MR) is 96.1 cm³/mol. The maximum atomic E-state index is 12.3. The Hall–Kier alpha value is -2.28. The first kappa shape index (κ1) is 19.1. The molecule has 7 heteroatoms. The van der Waals surface area contributed by atoms with Crippen molar-refractivity contribution in [3.05, 3.63) is 18.2 Å². The molecule has 0 radical (unpaired) electrons. The average molecular weight is 349 g/mol. The molecule has 0 aromatic heterocycles. The van der Waals surface area contributed by atoms with Crippen LogP contribution in [0.1, 0.15) is 19.8 Å². The van der Waals surface area contributed by atoms with Gasteiger partial charge in [0.15, 0.2) is 11.5 Å². The van der Waals surface area contributed by atoms with Crippen molar-refractivity contribution >= 4 is 17.5 Å². The van der Waals surface area contributed by atoms with Gasteiger partial charge in [-0.3, -0.25) is 14.5 Å². The normalized spacial score (nSPS) is 15.4. The fraction of sp³-hybridized carbons (Fsp3) is 0.556. The Labute approximate surface area is 148 Å². The maximum absolute atomic E-state index is 12.3. The molecule has 0 saturated carbocycles. The maximum Gasteiger partial charge on any atom is 0.238 e. The van der Waals surface area contributed by atoms with Crippen molar-refractivity contribution in [1.29, 1.82) is 0 Å². The molecule has 7 nitrogen and oxygen atoms in total. The molecule has 1 aromatic rings. The van der Waals surface area contributed by atoms with Gasteiger partial charge in [-0.1, -0.05) is 6.92 Å². The van der Waals surface area contributed by atoms with Gasteiger partial charge in [0.05, 0.1) is 20.8 Å². The molecule has 1 N–H and O–H groups in total. The fourth-order valence-electron chi connectivity index (χ4n) is 2.92. The zero-order valence-electron chi connectivity index (χ0n) is 15.2. The standard InChI is InChI=1S/C18H27N3O4/c1-4-18(23)21-9-5-8-20(10-11-21)13-17(22)19-14-6-7-15(24-2)16(12-14)25-3/h6-7,12H,4-5,8-11,13H2,1-3H3,(H,19,22). The lowest BCUT2D eigenvalue weighted by Gasteiger charge is -2.21. The van der Waals surface area contributed by atoms with Crippen LogP contribution in [0.25, 0.3) is 0 Å². The highest BCUT2D eigenvalue weighted by atomic mass is 16.5. The molecule has 0 bridgehead atoms. The lowest BCUT2D eigenvalue weighted by Crippen LogP contribution is -2.37. The summed E-state index contributed by atoms with van der Waals surface area (Å²) in [6.45, 7) is 5.15. The van der Waals surface area contributed by atoms with E-state index < -0.39 is 0 Å². The lowest BCUT2D eigenvalue weighted by atomic mass is 10.2. The Bertz CT molecular complexity index is 606. The molecular formula is C18H27N3O4.